The summed E-state index contributed by atoms with van der Waals surface area (Å²) in [5, 5.41) is 0. The molecule has 0 aliphatic rings. The molecule has 0 fully saturated rings. The Bertz CT molecular complexity index is 188. The quantitative estimate of drug-likeness (QED) is 0.254. The molecule has 0 saturated heterocycles. The van der Waals surface area contributed by atoms with Crippen LogP contribution in [0.5, 0.6) is 0 Å². The van der Waals surface area contributed by atoms with Gasteiger partial charge in [0.2, 0.25) is 0 Å². The van der Waals surface area contributed by atoms with Gasteiger partial charge in [-0.15, -0.1) is 0 Å². The molecule has 0 nitrogen and oxygen atoms in total. The number of rotatable bonds is 13. The average molecular weight is 249 g/mol. The summed E-state index contributed by atoms with van der Waals surface area (Å²) in [6.07, 6.45) is 25.0. The fraction of sp³-hybridized carbons (Fsp3) is 0.722. The molecular formula is C18H33. The molecule has 18 heavy (non-hydrogen) atoms. The second kappa shape index (κ2) is 16.5. The Kier molecular flexibility index (Phi) is 16.0. The number of unbranched alkanes of at least 4 members (excludes halogenated alkanes) is 9. The summed E-state index contributed by atoms with van der Waals surface area (Å²) in [5.74, 6) is 0. The second-order valence-electron chi connectivity index (χ2n) is 5.05. The van der Waals surface area contributed by atoms with Crippen LogP contribution in [0.4, 0.5) is 0 Å². The molecule has 0 rings (SSSR count). The van der Waals surface area contributed by atoms with Crippen LogP contribution >= 0.6 is 0 Å². The van der Waals surface area contributed by atoms with Gasteiger partial charge in [-0.05, 0) is 44.9 Å². The van der Waals surface area contributed by atoms with Crippen LogP contribution in [0.25, 0.3) is 0 Å². The molecule has 0 aromatic heterocycles. The first-order chi connectivity index (χ1) is 8.91. The molecule has 0 aliphatic heterocycles. The number of hydrogen-bond donors (Lipinski definition) is 0. The Labute approximate surface area is 116 Å². The van der Waals surface area contributed by atoms with Crippen LogP contribution in [-0.2, 0) is 0 Å². The minimum atomic E-state index is 1.03. The molecule has 0 aromatic carbocycles. The van der Waals surface area contributed by atoms with Crippen molar-refractivity contribution in [3.63, 3.8) is 0 Å². The van der Waals surface area contributed by atoms with E-state index in [0.29, 0.717) is 0 Å². The average Bonchev–Trinajstić information content (AvgIpc) is 2.39. The third-order valence-corrected chi connectivity index (χ3v) is 3.18. The number of allylic oxidation sites excluding steroid dienone is 4. The molecule has 0 saturated carbocycles. The van der Waals surface area contributed by atoms with E-state index < -0.39 is 0 Å². The van der Waals surface area contributed by atoms with Crippen molar-refractivity contribution in [1.82, 2.24) is 0 Å². The van der Waals surface area contributed by atoms with E-state index in [4.69, 9.17) is 0 Å². The van der Waals surface area contributed by atoms with E-state index in [-0.39, 0.29) is 0 Å². The summed E-state index contributed by atoms with van der Waals surface area (Å²) < 4.78 is 0. The van der Waals surface area contributed by atoms with Crippen molar-refractivity contribution in [1.29, 1.82) is 0 Å². The van der Waals surface area contributed by atoms with E-state index in [1.165, 1.54) is 64.2 Å². The highest BCUT2D eigenvalue weighted by Crippen LogP contribution is 2.10. The first kappa shape index (κ1) is 17.5. The van der Waals surface area contributed by atoms with Gasteiger partial charge in [0.15, 0.2) is 0 Å². The van der Waals surface area contributed by atoms with E-state index in [2.05, 4.69) is 38.2 Å². The van der Waals surface area contributed by atoms with Gasteiger partial charge in [0, 0.05) is 0 Å². The minimum Gasteiger partial charge on any atom is -0.0888 e. The molecule has 0 amide bonds. The SMILES string of the molecule is [CH2]CCC=CCCCCCCCCCC=CCC. The molecule has 0 heteroatoms. The van der Waals surface area contributed by atoms with Crippen molar-refractivity contribution >= 4 is 0 Å². The Balaban J connectivity index is 3.01. The lowest BCUT2D eigenvalue weighted by Gasteiger charge is -2.00. The van der Waals surface area contributed by atoms with Crippen molar-refractivity contribution in [3.8, 4) is 0 Å². The normalized spacial score (nSPS) is 11.9. The highest BCUT2D eigenvalue weighted by Gasteiger charge is 1.90. The second-order valence-corrected chi connectivity index (χ2v) is 5.05. The van der Waals surface area contributed by atoms with Crippen molar-refractivity contribution in [2.75, 3.05) is 0 Å². The predicted molar refractivity (Wildman–Crippen MR) is 84.7 cm³/mol. The molecule has 105 valence electrons. The third kappa shape index (κ3) is 15.5. The minimum absolute atomic E-state index is 1.03. The third-order valence-electron chi connectivity index (χ3n) is 3.18. The van der Waals surface area contributed by atoms with E-state index in [1.807, 2.05) is 0 Å². The van der Waals surface area contributed by atoms with Gasteiger partial charge in [-0.2, -0.15) is 0 Å². The van der Waals surface area contributed by atoms with Crippen LogP contribution in [0, 0.1) is 6.92 Å². The Morgan fingerprint density at radius 2 is 1.06 bits per heavy atom. The zero-order valence-electron chi connectivity index (χ0n) is 12.5. The molecule has 0 atom stereocenters. The lowest BCUT2D eigenvalue weighted by atomic mass is 10.1. The van der Waals surface area contributed by atoms with Crippen LogP contribution in [0.3, 0.4) is 0 Å². The molecule has 0 aromatic rings. The van der Waals surface area contributed by atoms with E-state index in [0.717, 1.165) is 12.8 Å². The molecular weight excluding hydrogens is 216 g/mol. The maximum atomic E-state index is 3.83. The molecule has 0 aliphatic carbocycles. The lowest BCUT2D eigenvalue weighted by molar-refractivity contribution is 0.583. The zero-order chi connectivity index (χ0) is 13.3. The van der Waals surface area contributed by atoms with E-state index >= 15 is 0 Å². The summed E-state index contributed by atoms with van der Waals surface area (Å²) >= 11 is 0. The van der Waals surface area contributed by atoms with Crippen LogP contribution in [0.15, 0.2) is 24.3 Å². The Morgan fingerprint density at radius 1 is 0.611 bits per heavy atom. The first-order valence-corrected chi connectivity index (χ1v) is 8.01. The molecule has 0 heterocycles. The largest absolute Gasteiger partial charge is 0.0888 e. The fourth-order valence-corrected chi connectivity index (χ4v) is 2.05. The molecule has 0 bridgehead atoms. The summed E-state index contributed by atoms with van der Waals surface area (Å²) in [6.45, 7) is 6.03. The fourth-order valence-electron chi connectivity index (χ4n) is 2.05. The standard InChI is InChI=1S/C18H33/c1-3-5-7-9-11-13-15-17-18-16-14-12-10-8-6-4-2/h6-9H,1,3-5,10-18H2,2H3. The van der Waals surface area contributed by atoms with Crippen molar-refractivity contribution in [2.24, 2.45) is 0 Å². The van der Waals surface area contributed by atoms with Gasteiger partial charge in [0.05, 0.1) is 0 Å². The van der Waals surface area contributed by atoms with Gasteiger partial charge in [0.25, 0.3) is 0 Å². The predicted octanol–water partition coefficient (Wildman–Crippen LogP) is 6.63. The monoisotopic (exact) mass is 249 g/mol. The van der Waals surface area contributed by atoms with Crippen LogP contribution < -0.4 is 0 Å². The smallest absolute Gasteiger partial charge is 0.0351 e. The first-order valence-electron chi connectivity index (χ1n) is 8.01. The molecule has 0 unspecified atom stereocenters. The zero-order valence-corrected chi connectivity index (χ0v) is 12.5. The highest BCUT2D eigenvalue weighted by molar-refractivity contribution is 4.81. The number of hydrogen-bond acceptors (Lipinski definition) is 0. The summed E-state index contributed by atoms with van der Waals surface area (Å²) in [4.78, 5) is 0. The summed E-state index contributed by atoms with van der Waals surface area (Å²) in [6, 6.07) is 0. The van der Waals surface area contributed by atoms with Gasteiger partial charge in [0.1, 0.15) is 0 Å². The Hall–Kier alpha value is -0.520. The van der Waals surface area contributed by atoms with Gasteiger partial charge in [-0.1, -0.05) is 70.3 Å². The summed E-state index contributed by atoms with van der Waals surface area (Å²) in [5.41, 5.74) is 0. The van der Waals surface area contributed by atoms with Crippen molar-refractivity contribution < 1.29 is 0 Å². The highest BCUT2D eigenvalue weighted by atomic mass is 14.0. The van der Waals surface area contributed by atoms with Crippen LogP contribution in [0.1, 0.15) is 84.0 Å². The van der Waals surface area contributed by atoms with Gasteiger partial charge in [-0.3, -0.25) is 0 Å². The van der Waals surface area contributed by atoms with Gasteiger partial charge >= 0.3 is 0 Å². The molecule has 1 radical (unpaired) electrons. The van der Waals surface area contributed by atoms with Crippen LogP contribution in [0.2, 0.25) is 0 Å². The maximum absolute atomic E-state index is 3.83. The van der Waals surface area contributed by atoms with Crippen molar-refractivity contribution in [3.05, 3.63) is 31.2 Å². The van der Waals surface area contributed by atoms with Crippen molar-refractivity contribution in [2.45, 2.75) is 84.0 Å². The lowest BCUT2D eigenvalue weighted by Crippen LogP contribution is -1.80. The van der Waals surface area contributed by atoms with Gasteiger partial charge in [-0.25, -0.2) is 0 Å². The topological polar surface area (TPSA) is 0 Å². The Morgan fingerprint density at radius 3 is 1.56 bits per heavy atom. The summed E-state index contributed by atoms with van der Waals surface area (Å²) in [7, 11) is 0. The van der Waals surface area contributed by atoms with E-state index in [1.54, 1.807) is 0 Å². The van der Waals surface area contributed by atoms with Crippen LogP contribution in [-0.4, -0.2) is 0 Å². The van der Waals surface area contributed by atoms with Gasteiger partial charge < -0.3 is 0 Å². The maximum Gasteiger partial charge on any atom is -0.0351 e. The molecule has 0 spiro atoms. The van der Waals surface area contributed by atoms with E-state index in [9.17, 15) is 0 Å². The molecule has 0 N–H and O–H groups in total.